The summed E-state index contributed by atoms with van der Waals surface area (Å²) in [6, 6.07) is 6.06. The molecular formula is C22H30ClN5O4. The topological polar surface area (TPSA) is 102 Å². The molecule has 1 aromatic carbocycles. The molecule has 10 heteroatoms. The lowest BCUT2D eigenvalue weighted by Crippen LogP contribution is -2.54. The van der Waals surface area contributed by atoms with Crippen LogP contribution >= 0.6 is 11.6 Å². The number of amides is 5. The van der Waals surface area contributed by atoms with Crippen LogP contribution < -0.4 is 10.6 Å². The molecule has 9 nitrogen and oxygen atoms in total. The van der Waals surface area contributed by atoms with Gasteiger partial charge in [0.05, 0.1) is 6.54 Å². The zero-order valence-electron chi connectivity index (χ0n) is 18.9. The fourth-order valence-electron chi connectivity index (χ4n) is 3.87. The molecule has 2 saturated heterocycles. The second-order valence-corrected chi connectivity index (χ2v) is 9.84. The first kappa shape index (κ1) is 24.0. The third-order valence-electron chi connectivity index (χ3n) is 5.60. The second-order valence-electron chi connectivity index (χ2n) is 9.41. The van der Waals surface area contributed by atoms with Gasteiger partial charge in [0.25, 0.3) is 5.91 Å². The average molecular weight is 464 g/mol. The van der Waals surface area contributed by atoms with Gasteiger partial charge in [0.15, 0.2) is 0 Å². The van der Waals surface area contributed by atoms with Crippen LogP contribution in [0.25, 0.3) is 0 Å². The minimum absolute atomic E-state index is 0.0573. The van der Waals surface area contributed by atoms with Crippen molar-refractivity contribution in [3.8, 4) is 0 Å². The van der Waals surface area contributed by atoms with Crippen molar-refractivity contribution in [1.82, 2.24) is 25.3 Å². The molecule has 1 unspecified atom stereocenters. The Morgan fingerprint density at radius 3 is 2.22 bits per heavy atom. The first-order valence-corrected chi connectivity index (χ1v) is 11.0. The highest BCUT2D eigenvalue weighted by molar-refractivity contribution is 6.30. The van der Waals surface area contributed by atoms with Crippen molar-refractivity contribution in [1.29, 1.82) is 0 Å². The Kier molecular flexibility index (Phi) is 6.80. The van der Waals surface area contributed by atoms with Gasteiger partial charge in [0, 0.05) is 36.7 Å². The summed E-state index contributed by atoms with van der Waals surface area (Å²) in [5, 5.41) is 6.14. The highest BCUT2D eigenvalue weighted by Gasteiger charge is 2.49. The van der Waals surface area contributed by atoms with Gasteiger partial charge in [-0.05, 0) is 45.4 Å². The minimum Gasteiger partial charge on any atom is -0.350 e. The average Bonchev–Trinajstić information content (AvgIpc) is 2.91. The summed E-state index contributed by atoms with van der Waals surface area (Å²) in [7, 11) is 0. The van der Waals surface area contributed by atoms with Gasteiger partial charge in [0.2, 0.25) is 11.8 Å². The maximum atomic E-state index is 13.0. The molecule has 2 heterocycles. The summed E-state index contributed by atoms with van der Waals surface area (Å²) in [6.45, 7) is 9.30. The molecule has 2 aliphatic heterocycles. The smallest absolute Gasteiger partial charge is 0.325 e. The number of rotatable bonds is 5. The number of benzene rings is 1. The summed E-state index contributed by atoms with van der Waals surface area (Å²) >= 11 is 5.92. The third kappa shape index (κ3) is 5.39. The van der Waals surface area contributed by atoms with Crippen molar-refractivity contribution in [2.24, 2.45) is 0 Å². The fraction of sp³-hybridized carbons (Fsp3) is 0.545. The Hall–Kier alpha value is -2.65. The van der Waals surface area contributed by atoms with Crippen LogP contribution in [0.5, 0.6) is 0 Å². The minimum atomic E-state index is -1.25. The van der Waals surface area contributed by atoms with E-state index >= 15 is 0 Å². The number of urea groups is 1. The first-order chi connectivity index (χ1) is 14.9. The predicted molar refractivity (Wildman–Crippen MR) is 120 cm³/mol. The largest absolute Gasteiger partial charge is 0.350 e. The van der Waals surface area contributed by atoms with E-state index < -0.39 is 17.5 Å². The number of nitrogens with zero attached hydrogens (tertiary/aromatic N) is 3. The van der Waals surface area contributed by atoms with E-state index in [9.17, 15) is 19.2 Å². The van der Waals surface area contributed by atoms with Gasteiger partial charge in [-0.15, -0.1) is 0 Å². The van der Waals surface area contributed by atoms with Gasteiger partial charge < -0.3 is 15.5 Å². The van der Waals surface area contributed by atoms with Crippen molar-refractivity contribution >= 4 is 35.4 Å². The lowest BCUT2D eigenvalue weighted by atomic mass is 9.92. The molecule has 32 heavy (non-hydrogen) atoms. The summed E-state index contributed by atoms with van der Waals surface area (Å²) in [5.74, 6) is -0.832. The molecule has 0 bridgehead atoms. The Labute approximate surface area is 193 Å². The SMILES string of the molecule is CC(C)(C)NC(=O)CN1CCN(C(=O)CN2C(=O)NC(C)(c3ccc(Cl)cc3)C2=O)CC1. The number of hydrogen-bond donors (Lipinski definition) is 2. The standard InChI is InChI=1S/C22H30ClN5O4/c1-21(2,3)24-17(29)13-26-9-11-27(12-10-26)18(30)14-28-19(31)22(4,25-20(28)32)15-5-7-16(23)8-6-15/h5-8H,9-14H2,1-4H3,(H,24,29)(H,25,32). The van der Waals surface area contributed by atoms with Gasteiger partial charge in [-0.25, -0.2) is 4.79 Å². The molecule has 3 rings (SSSR count). The van der Waals surface area contributed by atoms with Crippen LogP contribution in [0, 0.1) is 0 Å². The van der Waals surface area contributed by atoms with Crippen molar-refractivity contribution < 1.29 is 19.2 Å². The van der Waals surface area contributed by atoms with Crippen molar-refractivity contribution in [2.75, 3.05) is 39.3 Å². The molecule has 2 fully saturated rings. The summed E-state index contributed by atoms with van der Waals surface area (Å²) in [6.07, 6.45) is 0. The van der Waals surface area contributed by atoms with Crippen LogP contribution in [-0.2, 0) is 19.9 Å². The fourth-order valence-corrected chi connectivity index (χ4v) is 4.00. The van der Waals surface area contributed by atoms with Gasteiger partial charge in [-0.1, -0.05) is 23.7 Å². The molecule has 2 aliphatic rings. The number of carbonyl (C=O) groups excluding carboxylic acids is 4. The number of imide groups is 1. The Balaban J connectivity index is 1.55. The van der Waals surface area contributed by atoms with Gasteiger partial charge in [0.1, 0.15) is 12.1 Å². The molecule has 0 aromatic heterocycles. The van der Waals surface area contributed by atoms with E-state index in [4.69, 9.17) is 11.6 Å². The molecule has 2 N–H and O–H groups in total. The second kappa shape index (κ2) is 9.07. The van der Waals surface area contributed by atoms with Crippen LogP contribution in [0.1, 0.15) is 33.3 Å². The zero-order valence-corrected chi connectivity index (χ0v) is 19.7. The normalized spacial score (nSPS) is 22.2. The van der Waals surface area contributed by atoms with Crippen LogP contribution in [0.2, 0.25) is 5.02 Å². The van der Waals surface area contributed by atoms with Crippen LogP contribution in [-0.4, -0.2) is 83.3 Å². The summed E-state index contributed by atoms with van der Waals surface area (Å²) in [4.78, 5) is 55.0. The highest BCUT2D eigenvalue weighted by Crippen LogP contribution is 2.29. The Bertz CT molecular complexity index is 906. The van der Waals surface area contributed by atoms with Gasteiger partial charge >= 0.3 is 6.03 Å². The number of nitrogens with one attached hydrogen (secondary N) is 2. The van der Waals surface area contributed by atoms with Crippen molar-refractivity contribution in [2.45, 2.75) is 38.8 Å². The number of carbonyl (C=O) groups is 4. The van der Waals surface area contributed by atoms with E-state index in [0.29, 0.717) is 36.8 Å². The van der Waals surface area contributed by atoms with Crippen LogP contribution in [0.3, 0.4) is 0 Å². The van der Waals surface area contributed by atoms with E-state index in [1.807, 2.05) is 25.7 Å². The summed E-state index contributed by atoms with van der Waals surface area (Å²) in [5.41, 5.74) is -0.948. The van der Waals surface area contributed by atoms with E-state index in [-0.39, 0.29) is 30.4 Å². The monoisotopic (exact) mass is 463 g/mol. The molecule has 1 aromatic rings. The third-order valence-corrected chi connectivity index (χ3v) is 5.85. The van der Waals surface area contributed by atoms with Gasteiger partial charge in [-0.2, -0.15) is 0 Å². The number of hydrogen-bond acceptors (Lipinski definition) is 5. The van der Waals surface area contributed by atoms with Crippen LogP contribution in [0.15, 0.2) is 24.3 Å². The molecule has 1 atom stereocenters. The maximum Gasteiger partial charge on any atom is 0.325 e. The molecular weight excluding hydrogens is 434 g/mol. The molecule has 0 saturated carbocycles. The quantitative estimate of drug-likeness (QED) is 0.638. The van der Waals surface area contributed by atoms with E-state index in [2.05, 4.69) is 10.6 Å². The van der Waals surface area contributed by atoms with Crippen molar-refractivity contribution in [3.63, 3.8) is 0 Å². The highest BCUT2D eigenvalue weighted by atomic mass is 35.5. The lowest BCUT2D eigenvalue weighted by molar-refractivity contribution is -0.140. The molecule has 0 spiro atoms. The zero-order chi connectivity index (χ0) is 23.7. The van der Waals surface area contributed by atoms with E-state index in [0.717, 1.165) is 4.90 Å². The molecule has 0 aliphatic carbocycles. The maximum absolute atomic E-state index is 13.0. The Morgan fingerprint density at radius 2 is 1.66 bits per heavy atom. The molecule has 174 valence electrons. The molecule has 5 amide bonds. The molecule has 0 radical (unpaired) electrons. The van der Waals surface area contributed by atoms with Crippen LogP contribution in [0.4, 0.5) is 4.79 Å². The van der Waals surface area contributed by atoms with Gasteiger partial charge in [-0.3, -0.25) is 24.2 Å². The van der Waals surface area contributed by atoms with E-state index in [1.54, 1.807) is 36.1 Å². The Morgan fingerprint density at radius 1 is 1.06 bits per heavy atom. The van der Waals surface area contributed by atoms with E-state index in [1.165, 1.54) is 0 Å². The van der Waals surface area contributed by atoms with Crippen molar-refractivity contribution in [3.05, 3.63) is 34.9 Å². The number of halogens is 1. The number of piperazine rings is 1. The lowest BCUT2D eigenvalue weighted by Gasteiger charge is -2.35. The predicted octanol–water partition coefficient (Wildman–Crippen LogP) is 1.17. The first-order valence-electron chi connectivity index (χ1n) is 10.6. The summed E-state index contributed by atoms with van der Waals surface area (Å²) < 4.78 is 0.